The second-order valence-corrected chi connectivity index (χ2v) is 10.7. The number of allylic oxidation sites excluding steroid dienone is 1. The number of carbonyl (C=O) groups excluding carboxylic acids is 3. The minimum absolute atomic E-state index is 0.0322. The van der Waals surface area contributed by atoms with Crippen LogP contribution in [0.3, 0.4) is 0 Å². The van der Waals surface area contributed by atoms with E-state index in [1.165, 1.54) is 18.0 Å². The van der Waals surface area contributed by atoms with Gasteiger partial charge in [0.2, 0.25) is 5.91 Å². The molecule has 2 N–H and O–H groups in total. The van der Waals surface area contributed by atoms with Crippen molar-refractivity contribution >= 4 is 17.8 Å². The van der Waals surface area contributed by atoms with Crippen molar-refractivity contribution in [2.45, 2.75) is 37.5 Å². The molecule has 0 atom stereocenters. The first-order valence-corrected chi connectivity index (χ1v) is 14.6. The number of carbonyl (C=O) groups is 3. The molecule has 0 aliphatic heterocycles. The van der Waals surface area contributed by atoms with E-state index in [2.05, 4.69) is 27.3 Å². The van der Waals surface area contributed by atoms with Gasteiger partial charge in [0.25, 0.3) is 5.91 Å². The van der Waals surface area contributed by atoms with Crippen molar-refractivity contribution in [1.82, 2.24) is 25.4 Å². The van der Waals surface area contributed by atoms with Gasteiger partial charge in [0.05, 0.1) is 18.4 Å². The number of ether oxygens (including phenoxy) is 1. The number of halogens is 2. The standard InChI is InChI=1S/C33H33F2N5O5/c1-3-33(34,35)28-25(20-40(39-28)24-12-8-5-9-13-24)30(42)37-19-18-36-29(41)22-14-16-23(17-15-22)31-38-26(32(43)44-2)27(45-31)21-10-6-4-7-11-21/h3-13,20,22-23H,1,14-19H2,2H3,(H,36,41)(H,37,42). The molecule has 1 aliphatic rings. The molecule has 0 spiro atoms. The molecule has 2 heterocycles. The average Bonchev–Trinajstić information content (AvgIpc) is 3.74. The molecule has 2 aromatic carbocycles. The van der Waals surface area contributed by atoms with Crippen LogP contribution in [0.5, 0.6) is 0 Å². The zero-order valence-electron chi connectivity index (χ0n) is 24.7. The van der Waals surface area contributed by atoms with E-state index in [9.17, 15) is 23.2 Å². The third-order valence-corrected chi connectivity index (χ3v) is 7.77. The van der Waals surface area contributed by atoms with E-state index >= 15 is 0 Å². The monoisotopic (exact) mass is 617 g/mol. The molecule has 0 saturated heterocycles. The van der Waals surface area contributed by atoms with Crippen molar-refractivity contribution < 1.29 is 32.3 Å². The fraction of sp³-hybridized carbons (Fsp3) is 0.303. The van der Waals surface area contributed by atoms with Crippen molar-refractivity contribution in [3.8, 4) is 17.0 Å². The van der Waals surface area contributed by atoms with E-state index in [0.717, 1.165) is 0 Å². The van der Waals surface area contributed by atoms with E-state index in [1.54, 1.807) is 30.3 Å². The highest BCUT2D eigenvalue weighted by Crippen LogP contribution is 2.38. The second kappa shape index (κ2) is 13.7. The Kier molecular flexibility index (Phi) is 9.50. The number of alkyl halides is 2. The Morgan fingerprint density at radius 1 is 1.02 bits per heavy atom. The number of aromatic nitrogens is 3. The topological polar surface area (TPSA) is 128 Å². The highest BCUT2D eigenvalue weighted by molar-refractivity contribution is 5.95. The van der Waals surface area contributed by atoms with Gasteiger partial charge in [-0.1, -0.05) is 55.1 Å². The van der Waals surface area contributed by atoms with Gasteiger partial charge < -0.3 is 19.8 Å². The predicted octanol–water partition coefficient (Wildman–Crippen LogP) is 5.41. The minimum Gasteiger partial charge on any atom is -0.464 e. The van der Waals surface area contributed by atoms with Crippen LogP contribution in [0.4, 0.5) is 8.78 Å². The number of para-hydroxylation sites is 1. The maximum absolute atomic E-state index is 14.6. The second-order valence-electron chi connectivity index (χ2n) is 10.7. The van der Waals surface area contributed by atoms with Crippen LogP contribution in [0.2, 0.25) is 0 Å². The fourth-order valence-electron chi connectivity index (χ4n) is 5.33. The summed E-state index contributed by atoms with van der Waals surface area (Å²) in [6.45, 7) is 3.32. The molecule has 1 aliphatic carbocycles. The number of esters is 1. The fourth-order valence-corrected chi connectivity index (χ4v) is 5.33. The quantitative estimate of drug-likeness (QED) is 0.131. The van der Waals surface area contributed by atoms with Crippen LogP contribution in [0, 0.1) is 5.92 Å². The number of benzene rings is 2. The van der Waals surface area contributed by atoms with Gasteiger partial charge in [0.1, 0.15) is 5.69 Å². The van der Waals surface area contributed by atoms with E-state index < -0.39 is 23.5 Å². The van der Waals surface area contributed by atoms with Crippen LogP contribution < -0.4 is 10.6 Å². The SMILES string of the molecule is C=CC(F)(F)c1nn(-c2ccccc2)cc1C(=O)NCCNC(=O)C1CCC(c2nc(C(=O)OC)c(-c3ccccc3)o2)CC1. The molecular weight excluding hydrogens is 584 g/mol. The molecule has 0 unspecified atom stereocenters. The van der Waals surface area contributed by atoms with E-state index in [-0.39, 0.29) is 42.1 Å². The molecule has 1 fully saturated rings. The maximum atomic E-state index is 14.6. The van der Waals surface area contributed by atoms with Crippen LogP contribution in [0.25, 0.3) is 17.0 Å². The Morgan fingerprint density at radius 3 is 2.31 bits per heavy atom. The summed E-state index contributed by atoms with van der Waals surface area (Å²) >= 11 is 0. The Bertz CT molecular complexity index is 1660. The summed E-state index contributed by atoms with van der Waals surface area (Å²) in [5, 5.41) is 9.36. The normalized spacial score (nSPS) is 16.5. The number of hydrogen-bond donors (Lipinski definition) is 2. The zero-order valence-corrected chi connectivity index (χ0v) is 24.7. The lowest BCUT2D eigenvalue weighted by Crippen LogP contribution is -2.38. The van der Waals surface area contributed by atoms with Gasteiger partial charge in [-0.3, -0.25) is 9.59 Å². The summed E-state index contributed by atoms with van der Waals surface area (Å²) in [6, 6.07) is 17.8. The molecule has 12 heteroatoms. The van der Waals surface area contributed by atoms with Crippen molar-refractivity contribution in [3.63, 3.8) is 0 Å². The molecule has 234 valence electrons. The van der Waals surface area contributed by atoms with Gasteiger partial charge in [-0.2, -0.15) is 13.9 Å². The number of nitrogens with one attached hydrogen (secondary N) is 2. The molecule has 10 nitrogen and oxygen atoms in total. The summed E-state index contributed by atoms with van der Waals surface area (Å²) < 4.78 is 41.3. The maximum Gasteiger partial charge on any atom is 0.360 e. The molecule has 2 amide bonds. The number of amides is 2. The Balaban J connectivity index is 1.14. The lowest BCUT2D eigenvalue weighted by molar-refractivity contribution is -0.126. The molecule has 5 rings (SSSR count). The number of methoxy groups -OCH3 is 1. The summed E-state index contributed by atoms with van der Waals surface area (Å²) in [7, 11) is 1.29. The summed E-state index contributed by atoms with van der Waals surface area (Å²) in [6.07, 6.45) is 4.12. The van der Waals surface area contributed by atoms with Crippen molar-refractivity contribution in [2.75, 3.05) is 20.2 Å². The lowest BCUT2D eigenvalue weighted by atomic mass is 9.81. The van der Waals surface area contributed by atoms with Gasteiger partial charge >= 0.3 is 11.9 Å². The molecule has 2 aromatic heterocycles. The first kappa shape index (κ1) is 31.3. The number of nitrogens with zero attached hydrogens (tertiary/aromatic N) is 3. The van der Waals surface area contributed by atoms with Crippen LogP contribution in [-0.2, 0) is 15.5 Å². The predicted molar refractivity (Wildman–Crippen MR) is 161 cm³/mol. The van der Waals surface area contributed by atoms with Crippen LogP contribution >= 0.6 is 0 Å². The summed E-state index contributed by atoms with van der Waals surface area (Å²) in [5.74, 6) is -4.52. The van der Waals surface area contributed by atoms with Gasteiger partial charge in [0, 0.05) is 36.7 Å². The van der Waals surface area contributed by atoms with E-state index in [1.807, 2.05) is 30.3 Å². The Morgan fingerprint density at radius 2 is 1.67 bits per heavy atom. The van der Waals surface area contributed by atoms with Gasteiger partial charge in [-0.25, -0.2) is 14.5 Å². The third-order valence-electron chi connectivity index (χ3n) is 7.77. The molecule has 4 aromatic rings. The number of oxazole rings is 1. The molecule has 0 bridgehead atoms. The van der Waals surface area contributed by atoms with Crippen molar-refractivity contribution in [1.29, 1.82) is 0 Å². The largest absolute Gasteiger partial charge is 0.464 e. The minimum atomic E-state index is -3.52. The Hall–Kier alpha value is -5.13. The van der Waals surface area contributed by atoms with Gasteiger partial charge in [-0.05, 0) is 43.9 Å². The van der Waals surface area contributed by atoms with Crippen LogP contribution in [0.1, 0.15) is 64.0 Å². The van der Waals surface area contributed by atoms with E-state index in [0.29, 0.717) is 54.7 Å². The molecule has 45 heavy (non-hydrogen) atoms. The molecular formula is C33H33F2N5O5. The highest BCUT2D eigenvalue weighted by atomic mass is 19.3. The first-order valence-electron chi connectivity index (χ1n) is 14.6. The molecule has 1 saturated carbocycles. The highest BCUT2D eigenvalue weighted by Gasteiger charge is 2.36. The van der Waals surface area contributed by atoms with Crippen LogP contribution in [-0.4, -0.2) is 52.7 Å². The Labute approximate surface area is 258 Å². The number of hydrogen-bond acceptors (Lipinski definition) is 7. The lowest BCUT2D eigenvalue weighted by Gasteiger charge is -2.26. The molecule has 0 radical (unpaired) electrons. The smallest absolute Gasteiger partial charge is 0.360 e. The first-order chi connectivity index (χ1) is 21.7. The third kappa shape index (κ3) is 7.00. The van der Waals surface area contributed by atoms with Crippen molar-refractivity contribution in [3.05, 3.63) is 102 Å². The van der Waals surface area contributed by atoms with Crippen molar-refractivity contribution in [2.24, 2.45) is 5.92 Å². The van der Waals surface area contributed by atoms with E-state index in [4.69, 9.17) is 9.15 Å². The van der Waals surface area contributed by atoms with Gasteiger partial charge in [-0.15, -0.1) is 0 Å². The zero-order chi connectivity index (χ0) is 32.0. The van der Waals surface area contributed by atoms with Gasteiger partial charge in [0.15, 0.2) is 17.3 Å². The summed E-state index contributed by atoms with van der Waals surface area (Å²) in [5.41, 5.74) is 0.356. The van der Waals surface area contributed by atoms with Crippen LogP contribution in [0.15, 0.2) is 83.9 Å². The summed E-state index contributed by atoms with van der Waals surface area (Å²) in [4.78, 5) is 42.6. The average molecular weight is 618 g/mol. The number of rotatable bonds is 11.